The van der Waals surface area contributed by atoms with Gasteiger partial charge in [-0.3, -0.25) is 0 Å². The first-order chi connectivity index (χ1) is 11.2. The first-order valence-electron chi connectivity index (χ1n) is 7.59. The Labute approximate surface area is 133 Å². The third-order valence-electron chi connectivity index (χ3n) is 4.03. The van der Waals surface area contributed by atoms with Gasteiger partial charge < -0.3 is 14.8 Å². The molecule has 8 heteroatoms. The summed E-state index contributed by atoms with van der Waals surface area (Å²) < 4.78 is 1.87. The van der Waals surface area contributed by atoms with Gasteiger partial charge in [0.1, 0.15) is 11.3 Å². The molecular formula is C15H18N8. The molecule has 0 aromatic carbocycles. The van der Waals surface area contributed by atoms with Crippen LogP contribution in [-0.4, -0.2) is 48.0 Å². The quantitative estimate of drug-likeness (QED) is 0.764. The molecule has 0 unspecified atom stereocenters. The van der Waals surface area contributed by atoms with E-state index in [9.17, 15) is 0 Å². The predicted octanol–water partition coefficient (Wildman–Crippen LogP) is 0.753. The van der Waals surface area contributed by atoms with Gasteiger partial charge in [-0.05, 0) is 7.05 Å². The average Bonchev–Trinajstić information content (AvgIpc) is 2.94. The molecule has 1 aliphatic rings. The van der Waals surface area contributed by atoms with Crippen LogP contribution in [-0.2, 0) is 26.6 Å². The van der Waals surface area contributed by atoms with Gasteiger partial charge in [0.15, 0.2) is 5.65 Å². The van der Waals surface area contributed by atoms with Gasteiger partial charge in [0.25, 0.3) is 0 Å². The number of rotatable bonds is 3. The zero-order valence-electron chi connectivity index (χ0n) is 13.2. The van der Waals surface area contributed by atoms with Crippen LogP contribution in [0, 0.1) is 0 Å². The molecule has 0 aliphatic carbocycles. The molecule has 0 saturated heterocycles. The molecule has 8 nitrogen and oxygen atoms in total. The molecule has 0 fully saturated rings. The fourth-order valence-corrected chi connectivity index (χ4v) is 2.75. The maximum absolute atomic E-state index is 4.66. The first-order valence-corrected chi connectivity index (χ1v) is 7.59. The van der Waals surface area contributed by atoms with E-state index in [1.807, 2.05) is 17.8 Å². The number of aromatic nitrogens is 6. The molecule has 1 N–H and O–H groups in total. The van der Waals surface area contributed by atoms with Crippen LogP contribution in [0.4, 0.5) is 5.95 Å². The maximum Gasteiger partial charge on any atom is 0.225 e. The molecule has 4 heterocycles. The Morgan fingerprint density at radius 2 is 2.04 bits per heavy atom. The van der Waals surface area contributed by atoms with Gasteiger partial charge in [-0.15, -0.1) is 0 Å². The minimum atomic E-state index is 0.506. The van der Waals surface area contributed by atoms with E-state index >= 15 is 0 Å². The lowest BCUT2D eigenvalue weighted by molar-refractivity contribution is 0.308. The SMILES string of the molecule is CN1CCc2nc(CNc3ncc4ncn(C)c4n3)ncc2C1. The van der Waals surface area contributed by atoms with Crippen LogP contribution in [0.2, 0.25) is 0 Å². The second-order valence-corrected chi connectivity index (χ2v) is 5.86. The van der Waals surface area contributed by atoms with Crippen LogP contribution in [0.1, 0.15) is 17.1 Å². The standard InChI is InChI=1S/C15H18N8/c1-22-4-3-11-10(8-22)5-16-13(20-11)7-18-15-17-6-12-14(21-15)23(2)9-19-12/h5-6,9H,3-4,7-8H2,1-2H3,(H,17,18,21). The van der Waals surface area contributed by atoms with Crippen molar-refractivity contribution in [1.82, 2.24) is 34.4 Å². The Balaban J connectivity index is 1.50. The molecule has 0 radical (unpaired) electrons. The van der Waals surface area contributed by atoms with Gasteiger partial charge in [0, 0.05) is 44.0 Å². The van der Waals surface area contributed by atoms with E-state index in [2.05, 4.69) is 42.2 Å². The maximum atomic E-state index is 4.66. The number of nitrogens with one attached hydrogen (secondary N) is 1. The lowest BCUT2D eigenvalue weighted by Crippen LogP contribution is -2.28. The van der Waals surface area contributed by atoms with Gasteiger partial charge in [-0.2, -0.15) is 4.98 Å². The van der Waals surface area contributed by atoms with E-state index in [4.69, 9.17) is 0 Å². The van der Waals surface area contributed by atoms with E-state index < -0.39 is 0 Å². The van der Waals surface area contributed by atoms with Gasteiger partial charge in [0.05, 0.1) is 19.1 Å². The van der Waals surface area contributed by atoms with Crippen molar-refractivity contribution in [3.8, 4) is 0 Å². The summed E-state index contributed by atoms with van der Waals surface area (Å²) in [6.07, 6.45) is 6.35. The highest BCUT2D eigenvalue weighted by molar-refractivity contribution is 5.70. The summed E-state index contributed by atoms with van der Waals surface area (Å²) >= 11 is 0. The number of likely N-dealkylation sites (N-methyl/N-ethyl adjacent to an activating group) is 1. The molecule has 0 atom stereocenters. The van der Waals surface area contributed by atoms with Gasteiger partial charge in [-0.1, -0.05) is 0 Å². The second kappa shape index (κ2) is 5.54. The highest BCUT2D eigenvalue weighted by Gasteiger charge is 2.15. The van der Waals surface area contributed by atoms with Gasteiger partial charge in [0.2, 0.25) is 5.95 Å². The number of anilines is 1. The number of imidazole rings is 1. The molecule has 118 valence electrons. The third kappa shape index (κ3) is 2.72. The summed E-state index contributed by atoms with van der Waals surface area (Å²) in [6.45, 7) is 2.47. The van der Waals surface area contributed by atoms with Crippen molar-refractivity contribution >= 4 is 17.1 Å². The lowest BCUT2D eigenvalue weighted by atomic mass is 10.1. The van der Waals surface area contributed by atoms with Gasteiger partial charge in [-0.25, -0.2) is 19.9 Å². The Hall–Kier alpha value is -2.61. The fourth-order valence-electron chi connectivity index (χ4n) is 2.75. The summed E-state index contributed by atoms with van der Waals surface area (Å²) in [5, 5.41) is 3.19. The van der Waals surface area contributed by atoms with Crippen molar-refractivity contribution < 1.29 is 0 Å². The normalized spacial score (nSPS) is 14.9. The van der Waals surface area contributed by atoms with Crippen LogP contribution in [0.5, 0.6) is 0 Å². The molecule has 3 aromatic rings. The summed E-state index contributed by atoms with van der Waals surface area (Å²) in [5.41, 5.74) is 3.96. The summed E-state index contributed by atoms with van der Waals surface area (Å²) in [4.78, 5) is 24.3. The van der Waals surface area contributed by atoms with Crippen molar-refractivity contribution in [1.29, 1.82) is 0 Å². The van der Waals surface area contributed by atoms with Crippen molar-refractivity contribution in [3.63, 3.8) is 0 Å². The zero-order valence-corrected chi connectivity index (χ0v) is 13.2. The molecule has 3 aromatic heterocycles. The molecule has 0 amide bonds. The summed E-state index contributed by atoms with van der Waals surface area (Å²) in [7, 11) is 4.03. The van der Waals surface area contributed by atoms with Crippen LogP contribution >= 0.6 is 0 Å². The summed E-state index contributed by atoms with van der Waals surface area (Å²) in [6, 6.07) is 0. The van der Waals surface area contributed by atoms with E-state index in [1.165, 1.54) is 5.56 Å². The summed E-state index contributed by atoms with van der Waals surface area (Å²) in [5.74, 6) is 1.32. The molecule has 1 aliphatic heterocycles. The highest BCUT2D eigenvalue weighted by Crippen LogP contribution is 2.15. The Morgan fingerprint density at radius 1 is 1.13 bits per heavy atom. The number of hydrogen-bond acceptors (Lipinski definition) is 7. The zero-order chi connectivity index (χ0) is 15.8. The Bertz CT molecular complexity index is 856. The van der Waals surface area contributed by atoms with Crippen molar-refractivity contribution in [2.24, 2.45) is 7.05 Å². The van der Waals surface area contributed by atoms with Crippen LogP contribution in [0.3, 0.4) is 0 Å². The van der Waals surface area contributed by atoms with E-state index in [0.29, 0.717) is 12.5 Å². The van der Waals surface area contributed by atoms with Gasteiger partial charge >= 0.3 is 0 Å². The molecule has 0 spiro atoms. The number of hydrogen-bond donors (Lipinski definition) is 1. The van der Waals surface area contributed by atoms with Crippen LogP contribution in [0.25, 0.3) is 11.2 Å². The fraction of sp³-hybridized carbons (Fsp3) is 0.400. The van der Waals surface area contributed by atoms with Crippen LogP contribution < -0.4 is 5.32 Å². The van der Waals surface area contributed by atoms with E-state index in [0.717, 1.165) is 42.2 Å². The minimum absolute atomic E-state index is 0.506. The van der Waals surface area contributed by atoms with Crippen molar-refractivity contribution in [2.45, 2.75) is 19.5 Å². The molecule has 23 heavy (non-hydrogen) atoms. The molecular weight excluding hydrogens is 292 g/mol. The topological polar surface area (TPSA) is 84.7 Å². The number of aryl methyl sites for hydroxylation is 1. The molecule has 0 saturated carbocycles. The number of fused-ring (bicyclic) bond motifs is 2. The molecule has 0 bridgehead atoms. The monoisotopic (exact) mass is 310 g/mol. The van der Waals surface area contributed by atoms with Crippen LogP contribution in [0.15, 0.2) is 18.7 Å². The lowest BCUT2D eigenvalue weighted by Gasteiger charge is -2.23. The van der Waals surface area contributed by atoms with E-state index in [1.54, 1.807) is 12.5 Å². The predicted molar refractivity (Wildman–Crippen MR) is 85.7 cm³/mol. The molecule has 4 rings (SSSR count). The highest BCUT2D eigenvalue weighted by atomic mass is 15.2. The average molecular weight is 310 g/mol. The first kappa shape index (κ1) is 14.0. The van der Waals surface area contributed by atoms with Crippen molar-refractivity contribution in [3.05, 3.63) is 35.8 Å². The Kier molecular flexibility index (Phi) is 3.38. The second-order valence-electron chi connectivity index (χ2n) is 5.86. The van der Waals surface area contributed by atoms with Crippen molar-refractivity contribution in [2.75, 3.05) is 18.9 Å². The van der Waals surface area contributed by atoms with E-state index in [-0.39, 0.29) is 0 Å². The smallest absolute Gasteiger partial charge is 0.225 e. The minimum Gasteiger partial charge on any atom is -0.347 e. The largest absolute Gasteiger partial charge is 0.347 e. The Morgan fingerprint density at radius 3 is 2.96 bits per heavy atom. The third-order valence-corrected chi connectivity index (χ3v) is 4.03. The number of nitrogens with zero attached hydrogens (tertiary/aromatic N) is 7.